The molecule has 0 spiro atoms. The minimum atomic E-state index is 0.205. The maximum Gasteiger partial charge on any atom is 0.226 e. The molecule has 0 radical (unpaired) electrons. The van der Waals surface area contributed by atoms with Gasteiger partial charge in [0.25, 0.3) is 0 Å². The SMILES string of the molecule is NC(=S)CCN(Cc1ccccn1)C(=O)C1CC1. The lowest BCUT2D eigenvalue weighted by Gasteiger charge is -2.22. The van der Waals surface area contributed by atoms with Crippen molar-refractivity contribution in [1.82, 2.24) is 9.88 Å². The predicted molar refractivity (Wildman–Crippen MR) is 73.8 cm³/mol. The minimum Gasteiger partial charge on any atom is -0.393 e. The molecule has 4 nitrogen and oxygen atoms in total. The van der Waals surface area contributed by atoms with E-state index >= 15 is 0 Å². The van der Waals surface area contributed by atoms with Gasteiger partial charge in [0.05, 0.1) is 17.2 Å². The van der Waals surface area contributed by atoms with Gasteiger partial charge in [-0.2, -0.15) is 0 Å². The Hall–Kier alpha value is -1.49. The van der Waals surface area contributed by atoms with Crippen LogP contribution in [0.3, 0.4) is 0 Å². The summed E-state index contributed by atoms with van der Waals surface area (Å²) in [6, 6.07) is 5.72. The first-order valence-corrected chi connectivity index (χ1v) is 6.54. The lowest BCUT2D eigenvalue weighted by atomic mass is 10.2. The van der Waals surface area contributed by atoms with E-state index in [-0.39, 0.29) is 11.8 Å². The average molecular weight is 263 g/mol. The summed E-state index contributed by atoms with van der Waals surface area (Å²) in [5.74, 6) is 0.414. The topological polar surface area (TPSA) is 59.2 Å². The number of pyridine rings is 1. The van der Waals surface area contributed by atoms with Gasteiger partial charge in [0.1, 0.15) is 0 Å². The molecule has 0 saturated heterocycles. The summed E-state index contributed by atoms with van der Waals surface area (Å²) in [6.07, 6.45) is 4.32. The van der Waals surface area contributed by atoms with Gasteiger partial charge < -0.3 is 10.6 Å². The highest BCUT2D eigenvalue weighted by molar-refractivity contribution is 7.80. The molecular weight excluding hydrogens is 246 g/mol. The number of carbonyl (C=O) groups excluding carboxylic acids is 1. The van der Waals surface area contributed by atoms with E-state index in [1.165, 1.54) is 0 Å². The number of rotatable bonds is 6. The monoisotopic (exact) mass is 263 g/mol. The lowest BCUT2D eigenvalue weighted by molar-refractivity contribution is -0.133. The molecule has 0 aromatic carbocycles. The zero-order valence-corrected chi connectivity index (χ0v) is 11.0. The molecule has 0 bridgehead atoms. The number of carbonyl (C=O) groups is 1. The van der Waals surface area contributed by atoms with E-state index < -0.39 is 0 Å². The van der Waals surface area contributed by atoms with Crippen molar-refractivity contribution in [3.8, 4) is 0 Å². The van der Waals surface area contributed by atoms with Gasteiger partial charge in [0.2, 0.25) is 5.91 Å². The molecule has 1 heterocycles. The van der Waals surface area contributed by atoms with Crippen molar-refractivity contribution in [2.45, 2.75) is 25.8 Å². The molecule has 1 saturated carbocycles. The van der Waals surface area contributed by atoms with Crippen molar-refractivity contribution in [2.24, 2.45) is 11.7 Å². The molecule has 96 valence electrons. The van der Waals surface area contributed by atoms with Crippen LogP contribution in [0.4, 0.5) is 0 Å². The fourth-order valence-corrected chi connectivity index (χ4v) is 1.88. The highest BCUT2D eigenvalue weighted by Crippen LogP contribution is 2.31. The van der Waals surface area contributed by atoms with Crippen LogP contribution < -0.4 is 5.73 Å². The fourth-order valence-electron chi connectivity index (χ4n) is 1.79. The summed E-state index contributed by atoms with van der Waals surface area (Å²) in [6.45, 7) is 1.13. The number of amides is 1. The van der Waals surface area contributed by atoms with Gasteiger partial charge in [-0.15, -0.1) is 0 Å². The van der Waals surface area contributed by atoms with Crippen LogP contribution in [0.25, 0.3) is 0 Å². The van der Waals surface area contributed by atoms with Crippen LogP contribution >= 0.6 is 12.2 Å². The van der Waals surface area contributed by atoms with Crippen molar-refractivity contribution in [3.05, 3.63) is 30.1 Å². The van der Waals surface area contributed by atoms with E-state index in [1.807, 2.05) is 23.1 Å². The van der Waals surface area contributed by atoms with E-state index in [9.17, 15) is 4.79 Å². The summed E-state index contributed by atoms with van der Waals surface area (Å²) < 4.78 is 0. The van der Waals surface area contributed by atoms with E-state index in [4.69, 9.17) is 18.0 Å². The van der Waals surface area contributed by atoms with Crippen LogP contribution in [0.5, 0.6) is 0 Å². The molecule has 1 fully saturated rings. The Morgan fingerprint density at radius 3 is 2.83 bits per heavy atom. The van der Waals surface area contributed by atoms with Gasteiger partial charge in [-0.25, -0.2) is 0 Å². The van der Waals surface area contributed by atoms with Crippen molar-refractivity contribution < 1.29 is 4.79 Å². The zero-order chi connectivity index (χ0) is 13.0. The predicted octanol–water partition coefficient (Wildman–Crippen LogP) is 1.50. The summed E-state index contributed by atoms with van der Waals surface area (Å²) >= 11 is 4.87. The van der Waals surface area contributed by atoms with Crippen LogP contribution in [0.2, 0.25) is 0 Å². The Labute approximate surface area is 112 Å². The Bertz CT molecular complexity index is 431. The molecule has 0 unspecified atom stereocenters. The Balaban J connectivity index is 1.99. The lowest BCUT2D eigenvalue weighted by Crippen LogP contribution is -2.34. The second-order valence-electron chi connectivity index (χ2n) is 4.57. The van der Waals surface area contributed by atoms with Gasteiger partial charge in [0, 0.05) is 25.1 Å². The molecule has 5 heteroatoms. The van der Waals surface area contributed by atoms with E-state index in [1.54, 1.807) is 6.20 Å². The van der Waals surface area contributed by atoms with Crippen LogP contribution in [-0.4, -0.2) is 27.3 Å². The quantitative estimate of drug-likeness (QED) is 0.790. The largest absolute Gasteiger partial charge is 0.393 e. The second-order valence-corrected chi connectivity index (χ2v) is 5.10. The number of hydrogen-bond donors (Lipinski definition) is 1. The van der Waals surface area contributed by atoms with Crippen molar-refractivity contribution in [2.75, 3.05) is 6.54 Å². The Morgan fingerprint density at radius 2 is 2.28 bits per heavy atom. The molecule has 1 aliphatic rings. The third-order valence-electron chi connectivity index (χ3n) is 2.95. The molecule has 1 aromatic heterocycles. The first kappa shape index (κ1) is 13.0. The molecule has 0 atom stereocenters. The van der Waals surface area contributed by atoms with Gasteiger partial charge in [-0.05, 0) is 25.0 Å². The number of nitrogens with two attached hydrogens (primary N) is 1. The standard InChI is InChI=1S/C13H17N3OS/c14-12(18)6-8-16(13(17)10-4-5-10)9-11-3-1-2-7-15-11/h1-3,7,10H,4-6,8-9H2,(H2,14,18). The molecule has 2 rings (SSSR count). The van der Waals surface area contributed by atoms with Crippen molar-refractivity contribution >= 4 is 23.1 Å². The normalized spacial score (nSPS) is 14.2. The molecule has 1 amide bonds. The fraction of sp³-hybridized carbons (Fsp3) is 0.462. The smallest absolute Gasteiger partial charge is 0.226 e. The number of nitrogens with zero attached hydrogens (tertiary/aromatic N) is 2. The first-order valence-electron chi connectivity index (χ1n) is 6.14. The van der Waals surface area contributed by atoms with Gasteiger partial charge in [-0.1, -0.05) is 18.3 Å². The third kappa shape index (κ3) is 3.77. The second kappa shape index (κ2) is 5.91. The number of thiocarbonyl (C=S) groups is 1. The molecule has 1 aliphatic carbocycles. The van der Waals surface area contributed by atoms with Crippen LogP contribution in [0, 0.1) is 5.92 Å². The van der Waals surface area contributed by atoms with Gasteiger partial charge in [-0.3, -0.25) is 9.78 Å². The van der Waals surface area contributed by atoms with Crippen molar-refractivity contribution in [3.63, 3.8) is 0 Å². The molecule has 18 heavy (non-hydrogen) atoms. The maximum atomic E-state index is 12.1. The van der Waals surface area contributed by atoms with E-state index in [2.05, 4.69) is 4.98 Å². The maximum absolute atomic E-state index is 12.1. The molecular formula is C13H17N3OS. The molecule has 2 N–H and O–H groups in total. The number of aromatic nitrogens is 1. The highest BCUT2D eigenvalue weighted by atomic mass is 32.1. The van der Waals surface area contributed by atoms with Crippen LogP contribution in [-0.2, 0) is 11.3 Å². The van der Waals surface area contributed by atoms with Gasteiger partial charge >= 0.3 is 0 Å². The number of hydrogen-bond acceptors (Lipinski definition) is 3. The Morgan fingerprint density at radius 1 is 1.50 bits per heavy atom. The first-order chi connectivity index (χ1) is 8.66. The summed E-state index contributed by atoms with van der Waals surface area (Å²) in [7, 11) is 0. The van der Waals surface area contributed by atoms with E-state index in [0.717, 1.165) is 18.5 Å². The average Bonchev–Trinajstić information content (AvgIpc) is 3.19. The van der Waals surface area contributed by atoms with Crippen LogP contribution in [0.1, 0.15) is 25.0 Å². The zero-order valence-electron chi connectivity index (χ0n) is 10.2. The third-order valence-corrected chi connectivity index (χ3v) is 3.15. The summed E-state index contributed by atoms with van der Waals surface area (Å²) in [5.41, 5.74) is 6.40. The minimum absolute atomic E-state index is 0.205. The van der Waals surface area contributed by atoms with Gasteiger partial charge in [0.15, 0.2) is 0 Å². The summed E-state index contributed by atoms with van der Waals surface area (Å²) in [5, 5.41) is 0. The molecule has 0 aliphatic heterocycles. The summed E-state index contributed by atoms with van der Waals surface area (Å²) in [4.78, 5) is 18.7. The Kier molecular flexibility index (Phi) is 4.25. The van der Waals surface area contributed by atoms with Crippen LogP contribution in [0.15, 0.2) is 24.4 Å². The van der Waals surface area contributed by atoms with E-state index in [0.29, 0.717) is 24.5 Å². The highest BCUT2D eigenvalue weighted by Gasteiger charge is 2.33. The van der Waals surface area contributed by atoms with Crippen molar-refractivity contribution in [1.29, 1.82) is 0 Å². The molecule has 1 aromatic rings.